The van der Waals surface area contributed by atoms with Crippen LogP contribution >= 0.6 is 0 Å². The van der Waals surface area contributed by atoms with E-state index < -0.39 is 5.41 Å². The topological polar surface area (TPSA) is 55.1 Å². The number of hydrogen-bond donors (Lipinski definition) is 2. The summed E-state index contributed by atoms with van der Waals surface area (Å²) in [6, 6.07) is 7.52. The maximum atomic E-state index is 12.7. The Hall–Kier alpha value is -1.51. The van der Waals surface area contributed by atoms with Crippen LogP contribution in [0.1, 0.15) is 60.5 Å². The number of nitrogens with two attached hydrogens (primary N) is 1. The third kappa shape index (κ3) is 5.07. The largest absolute Gasteiger partial charge is 0.399 e. The van der Waals surface area contributed by atoms with Crippen LogP contribution < -0.4 is 11.1 Å². The monoisotopic (exact) mass is 290 g/mol. The quantitative estimate of drug-likeness (QED) is 0.827. The van der Waals surface area contributed by atoms with Crippen molar-refractivity contribution < 1.29 is 4.79 Å². The normalized spacial score (nSPS) is 13.1. The van der Waals surface area contributed by atoms with E-state index >= 15 is 0 Å². The van der Waals surface area contributed by atoms with E-state index in [2.05, 4.69) is 39.9 Å². The van der Waals surface area contributed by atoms with E-state index in [1.165, 1.54) is 0 Å². The Labute approximate surface area is 129 Å². The molecule has 1 amide bonds. The van der Waals surface area contributed by atoms with Crippen molar-refractivity contribution in [3.63, 3.8) is 0 Å². The summed E-state index contributed by atoms with van der Waals surface area (Å²) in [5.41, 5.74) is 6.75. The molecule has 1 aromatic rings. The van der Waals surface area contributed by atoms with Gasteiger partial charge in [-0.1, -0.05) is 32.9 Å². The number of carbonyl (C=O) groups excluding carboxylic acids is 1. The van der Waals surface area contributed by atoms with Crippen molar-refractivity contribution in [2.75, 3.05) is 5.73 Å². The highest BCUT2D eigenvalue weighted by Gasteiger charge is 2.35. The number of benzene rings is 1. The molecule has 0 unspecified atom stereocenters. The average Bonchev–Trinajstić information content (AvgIpc) is 2.25. The summed E-state index contributed by atoms with van der Waals surface area (Å²) < 4.78 is 0. The number of rotatable bonds is 4. The maximum Gasteiger partial charge on any atom is 0.230 e. The second-order valence-corrected chi connectivity index (χ2v) is 8.32. The molecule has 0 aromatic heterocycles. The first-order valence-corrected chi connectivity index (χ1v) is 7.52. The second kappa shape index (κ2) is 5.70. The Kier molecular flexibility index (Phi) is 4.76. The molecular weight excluding hydrogens is 260 g/mol. The van der Waals surface area contributed by atoms with Crippen LogP contribution in [0.3, 0.4) is 0 Å². The Bertz CT molecular complexity index is 493. The number of nitrogens with one attached hydrogen (secondary N) is 1. The molecule has 0 saturated heterocycles. The fraction of sp³-hybridized carbons (Fsp3) is 0.611. The Balaban J connectivity index is 2.89. The Morgan fingerprint density at radius 3 is 1.90 bits per heavy atom. The highest BCUT2D eigenvalue weighted by atomic mass is 16.2. The summed E-state index contributed by atoms with van der Waals surface area (Å²) in [7, 11) is 0. The number of nitrogen functional groups attached to an aromatic ring is 1. The van der Waals surface area contributed by atoms with Crippen LogP contribution in [0.2, 0.25) is 0 Å². The number of anilines is 1. The molecule has 3 nitrogen and oxygen atoms in total. The first-order chi connectivity index (χ1) is 9.33. The third-order valence-electron chi connectivity index (χ3n) is 3.62. The first-order valence-electron chi connectivity index (χ1n) is 7.52. The SMILES string of the molecule is CC(C)(C)CC(C)(C)NC(=O)C(C)(C)c1ccc(N)cc1. The van der Waals surface area contributed by atoms with E-state index in [0.29, 0.717) is 5.69 Å². The summed E-state index contributed by atoms with van der Waals surface area (Å²) in [5, 5.41) is 3.20. The van der Waals surface area contributed by atoms with E-state index in [1.807, 2.05) is 38.1 Å². The Morgan fingerprint density at radius 2 is 1.48 bits per heavy atom. The minimum Gasteiger partial charge on any atom is -0.399 e. The van der Waals surface area contributed by atoms with Gasteiger partial charge < -0.3 is 11.1 Å². The molecule has 3 N–H and O–H groups in total. The molecule has 0 spiro atoms. The van der Waals surface area contributed by atoms with Crippen LogP contribution in [-0.4, -0.2) is 11.4 Å². The van der Waals surface area contributed by atoms with E-state index in [-0.39, 0.29) is 16.9 Å². The molecular formula is C18H30N2O. The summed E-state index contributed by atoms with van der Waals surface area (Å²) in [5.74, 6) is 0.0431. The summed E-state index contributed by atoms with van der Waals surface area (Å²) in [4.78, 5) is 12.7. The zero-order valence-corrected chi connectivity index (χ0v) is 14.5. The van der Waals surface area contributed by atoms with Gasteiger partial charge in [-0.3, -0.25) is 4.79 Å². The molecule has 0 heterocycles. The van der Waals surface area contributed by atoms with Crippen molar-refractivity contribution in [1.29, 1.82) is 0 Å². The van der Waals surface area contributed by atoms with Crippen molar-refractivity contribution >= 4 is 11.6 Å². The van der Waals surface area contributed by atoms with Crippen LogP contribution in [0.4, 0.5) is 5.69 Å². The fourth-order valence-corrected chi connectivity index (χ4v) is 2.86. The second-order valence-electron chi connectivity index (χ2n) is 8.32. The molecule has 0 saturated carbocycles. The lowest BCUT2D eigenvalue weighted by atomic mass is 9.79. The highest BCUT2D eigenvalue weighted by molar-refractivity contribution is 5.88. The minimum absolute atomic E-state index is 0.0431. The zero-order chi connectivity index (χ0) is 16.5. The lowest BCUT2D eigenvalue weighted by Crippen LogP contribution is -2.51. The predicted octanol–water partition coefficient (Wildman–Crippen LogP) is 3.88. The van der Waals surface area contributed by atoms with Crippen LogP contribution in [0.15, 0.2) is 24.3 Å². The molecule has 0 atom stereocenters. The van der Waals surface area contributed by atoms with Gasteiger partial charge in [-0.15, -0.1) is 0 Å². The predicted molar refractivity (Wildman–Crippen MR) is 90.2 cm³/mol. The van der Waals surface area contributed by atoms with Gasteiger partial charge in [-0.2, -0.15) is 0 Å². The Morgan fingerprint density at radius 1 is 1.00 bits per heavy atom. The molecule has 1 aromatic carbocycles. The van der Waals surface area contributed by atoms with Gasteiger partial charge in [-0.25, -0.2) is 0 Å². The van der Waals surface area contributed by atoms with Crippen LogP contribution in [0.5, 0.6) is 0 Å². The number of amides is 1. The molecule has 0 aliphatic carbocycles. The lowest BCUT2D eigenvalue weighted by molar-refractivity contribution is -0.127. The van der Waals surface area contributed by atoms with Crippen LogP contribution in [-0.2, 0) is 10.2 Å². The van der Waals surface area contributed by atoms with Gasteiger partial charge in [0.1, 0.15) is 0 Å². The van der Waals surface area contributed by atoms with Gasteiger partial charge >= 0.3 is 0 Å². The van der Waals surface area contributed by atoms with Gasteiger partial charge in [-0.05, 0) is 57.2 Å². The van der Waals surface area contributed by atoms with Crippen molar-refractivity contribution in [2.45, 2.75) is 65.8 Å². The molecule has 118 valence electrons. The van der Waals surface area contributed by atoms with Crippen molar-refractivity contribution in [3.05, 3.63) is 29.8 Å². The van der Waals surface area contributed by atoms with Crippen LogP contribution in [0.25, 0.3) is 0 Å². The fourth-order valence-electron chi connectivity index (χ4n) is 2.86. The molecule has 3 heteroatoms. The van der Waals surface area contributed by atoms with Gasteiger partial charge in [0.05, 0.1) is 5.41 Å². The van der Waals surface area contributed by atoms with E-state index in [4.69, 9.17) is 5.73 Å². The van der Waals surface area contributed by atoms with Gasteiger partial charge in [0.2, 0.25) is 5.91 Å². The molecule has 1 rings (SSSR count). The zero-order valence-electron chi connectivity index (χ0n) is 14.5. The summed E-state index contributed by atoms with van der Waals surface area (Å²) in [6.07, 6.45) is 0.920. The number of hydrogen-bond acceptors (Lipinski definition) is 2. The molecule has 0 aliphatic heterocycles. The number of carbonyl (C=O) groups is 1. The third-order valence-corrected chi connectivity index (χ3v) is 3.62. The molecule has 0 radical (unpaired) electrons. The molecule has 21 heavy (non-hydrogen) atoms. The maximum absolute atomic E-state index is 12.7. The molecule has 0 fully saturated rings. The van der Waals surface area contributed by atoms with Crippen molar-refractivity contribution in [3.8, 4) is 0 Å². The average molecular weight is 290 g/mol. The lowest BCUT2D eigenvalue weighted by Gasteiger charge is -2.36. The first kappa shape index (κ1) is 17.5. The van der Waals surface area contributed by atoms with E-state index in [1.54, 1.807) is 0 Å². The highest BCUT2D eigenvalue weighted by Crippen LogP contribution is 2.29. The standard InChI is InChI=1S/C18H30N2O/c1-16(2,3)12-17(4,5)20-15(21)18(6,7)13-8-10-14(19)11-9-13/h8-11H,12,19H2,1-7H3,(H,20,21). The smallest absolute Gasteiger partial charge is 0.230 e. The summed E-state index contributed by atoms with van der Waals surface area (Å²) >= 11 is 0. The minimum atomic E-state index is -0.581. The van der Waals surface area contributed by atoms with Crippen molar-refractivity contribution in [2.24, 2.45) is 5.41 Å². The van der Waals surface area contributed by atoms with Crippen LogP contribution in [0, 0.1) is 5.41 Å². The molecule has 0 aliphatic rings. The van der Waals surface area contributed by atoms with E-state index in [9.17, 15) is 4.79 Å². The summed E-state index contributed by atoms with van der Waals surface area (Å²) in [6.45, 7) is 14.6. The van der Waals surface area contributed by atoms with Gasteiger partial charge in [0.25, 0.3) is 0 Å². The molecule has 0 bridgehead atoms. The van der Waals surface area contributed by atoms with Crippen molar-refractivity contribution in [1.82, 2.24) is 5.32 Å². The van der Waals surface area contributed by atoms with Gasteiger partial charge in [0.15, 0.2) is 0 Å². The van der Waals surface area contributed by atoms with Gasteiger partial charge in [0, 0.05) is 11.2 Å². The van der Waals surface area contributed by atoms with E-state index in [0.717, 1.165) is 12.0 Å².